The third kappa shape index (κ3) is 6.39. The van der Waals surface area contributed by atoms with Gasteiger partial charge in [0.15, 0.2) is 5.41 Å². The maximum atomic E-state index is 14.6. The van der Waals surface area contributed by atoms with Gasteiger partial charge in [-0.3, -0.25) is 0 Å². The van der Waals surface area contributed by atoms with E-state index < -0.39 is 35.7 Å². The Bertz CT molecular complexity index is 784. The number of halogens is 6. The summed E-state index contributed by atoms with van der Waals surface area (Å²) in [4.78, 5) is 0. The van der Waals surface area contributed by atoms with Crippen molar-refractivity contribution in [3.8, 4) is 0 Å². The first-order valence-corrected chi connectivity index (χ1v) is 13.7. The fourth-order valence-electron chi connectivity index (χ4n) is 6.94. The third-order valence-electron chi connectivity index (χ3n) is 8.97. The summed E-state index contributed by atoms with van der Waals surface area (Å²) >= 11 is 0. The highest BCUT2D eigenvalue weighted by molar-refractivity contribution is 5.13. The number of nitrogens with two attached hydrogens (primary N) is 2. The van der Waals surface area contributed by atoms with Crippen LogP contribution in [0.5, 0.6) is 0 Å². The molecule has 0 saturated heterocycles. The summed E-state index contributed by atoms with van der Waals surface area (Å²) in [7, 11) is 0. The van der Waals surface area contributed by atoms with Gasteiger partial charge in [-0.25, -0.2) is 0 Å². The van der Waals surface area contributed by atoms with E-state index in [9.17, 15) is 26.3 Å². The largest absolute Gasteiger partial charge is 0.404 e. The molecule has 2 fully saturated rings. The maximum absolute atomic E-state index is 14.6. The molecule has 4 aliphatic carbocycles. The lowest BCUT2D eigenvalue weighted by Gasteiger charge is -2.50. The minimum Gasteiger partial charge on any atom is -0.375 e. The Balaban J connectivity index is 1.46. The van der Waals surface area contributed by atoms with Crippen LogP contribution < -0.4 is 11.5 Å². The van der Waals surface area contributed by atoms with Crippen molar-refractivity contribution in [2.75, 3.05) is 0 Å². The summed E-state index contributed by atoms with van der Waals surface area (Å²) in [5.41, 5.74) is 7.97. The monoisotopic (exact) mass is 538 g/mol. The Morgan fingerprint density at radius 2 is 1.05 bits per heavy atom. The van der Waals surface area contributed by atoms with Gasteiger partial charge < -0.3 is 20.9 Å². The molecule has 37 heavy (non-hydrogen) atoms. The van der Waals surface area contributed by atoms with Crippen molar-refractivity contribution in [1.29, 1.82) is 0 Å². The minimum atomic E-state index is -5.42. The SMILES string of the molecule is NC1C=CC(OC2C=CC(C(C3CCC(OC4CCC(N)CC4)CC3)(C(F)(F)F)C(F)(F)F)CC2)CC1. The predicted octanol–water partition coefficient (Wildman–Crippen LogP) is 6.34. The number of allylic oxidation sites excluding steroid dienone is 1. The standard InChI is InChI=1S/C27H40F6N2O2/c28-26(29,30)25(27(31,32)33,17-1-9-21(10-2-17)36-23-13-5-19(34)6-14-23)18-3-11-22(12-4-18)37-24-15-7-20(35)8-16-24/h1,5,9,13,17-24H,2-4,6-8,10-12,14-16,34-35H2. The van der Waals surface area contributed by atoms with E-state index in [2.05, 4.69) is 0 Å². The molecule has 4 rings (SSSR count). The van der Waals surface area contributed by atoms with Crippen molar-refractivity contribution in [1.82, 2.24) is 0 Å². The van der Waals surface area contributed by atoms with E-state index in [4.69, 9.17) is 20.9 Å². The molecule has 4 nitrogen and oxygen atoms in total. The average Bonchev–Trinajstić information content (AvgIpc) is 2.83. The predicted molar refractivity (Wildman–Crippen MR) is 128 cm³/mol. The van der Waals surface area contributed by atoms with Gasteiger partial charge in [0, 0.05) is 18.0 Å². The van der Waals surface area contributed by atoms with E-state index in [0.29, 0.717) is 6.42 Å². The molecule has 0 radical (unpaired) electrons. The summed E-state index contributed by atoms with van der Waals surface area (Å²) in [5.74, 6) is -3.22. The molecule has 4 unspecified atom stereocenters. The molecule has 0 spiro atoms. The number of alkyl halides is 6. The van der Waals surface area contributed by atoms with Gasteiger partial charge in [0.1, 0.15) is 0 Å². The van der Waals surface area contributed by atoms with Crippen LogP contribution in [0.1, 0.15) is 77.0 Å². The lowest BCUT2D eigenvalue weighted by atomic mass is 9.58. The fourth-order valence-corrected chi connectivity index (χ4v) is 6.94. The van der Waals surface area contributed by atoms with Crippen LogP contribution in [-0.2, 0) is 9.47 Å². The summed E-state index contributed by atoms with van der Waals surface area (Å²) in [6.45, 7) is 0. The first-order chi connectivity index (χ1) is 17.4. The normalized spacial score (nSPS) is 38.1. The highest BCUT2D eigenvalue weighted by atomic mass is 19.4. The van der Waals surface area contributed by atoms with Crippen molar-refractivity contribution in [2.24, 2.45) is 28.7 Å². The molecular weight excluding hydrogens is 498 g/mol. The van der Waals surface area contributed by atoms with Gasteiger partial charge in [0.2, 0.25) is 0 Å². The van der Waals surface area contributed by atoms with Crippen LogP contribution in [-0.4, -0.2) is 48.9 Å². The summed E-state index contributed by atoms with van der Waals surface area (Å²) < 4.78 is 99.6. The van der Waals surface area contributed by atoms with Gasteiger partial charge in [-0.1, -0.05) is 24.3 Å². The van der Waals surface area contributed by atoms with Gasteiger partial charge in [-0.05, 0) is 83.0 Å². The zero-order chi connectivity index (χ0) is 26.8. The Kier molecular flexibility index (Phi) is 9.03. The molecule has 4 atom stereocenters. The molecule has 0 aromatic rings. The van der Waals surface area contributed by atoms with Crippen LogP contribution in [0, 0.1) is 17.3 Å². The van der Waals surface area contributed by atoms with Crippen molar-refractivity contribution in [2.45, 2.75) is 126 Å². The molecular formula is C27H40F6N2O2. The molecule has 0 bridgehead atoms. The van der Waals surface area contributed by atoms with Crippen LogP contribution in [0.3, 0.4) is 0 Å². The highest BCUT2D eigenvalue weighted by Crippen LogP contribution is 2.64. The van der Waals surface area contributed by atoms with Gasteiger partial charge >= 0.3 is 12.4 Å². The third-order valence-corrected chi connectivity index (χ3v) is 8.97. The minimum absolute atomic E-state index is 0.00991. The lowest BCUT2D eigenvalue weighted by Crippen LogP contribution is -2.60. The highest BCUT2D eigenvalue weighted by Gasteiger charge is 2.76. The van der Waals surface area contributed by atoms with Crippen molar-refractivity contribution in [3.63, 3.8) is 0 Å². The second kappa shape index (κ2) is 11.6. The number of rotatable bonds is 6. The zero-order valence-electron chi connectivity index (χ0n) is 21.2. The Morgan fingerprint density at radius 1 is 0.541 bits per heavy atom. The number of ether oxygens (including phenoxy) is 2. The van der Waals surface area contributed by atoms with E-state index in [1.807, 2.05) is 12.2 Å². The van der Waals surface area contributed by atoms with Gasteiger partial charge in [-0.2, -0.15) is 26.3 Å². The summed E-state index contributed by atoms with van der Waals surface area (Å²) in [6.07, 6.45) is -1.08. The molecule has 0 heterocycles. The van der Waals surface area contributed by atoms with E-state index in [0.717, 1.165) is 38.2 Å². The zero-order valence-corrected chi connectivity index (χ0v) is 21.2. The summed E-state index contributed by atoms with van der Waals surface area (Å²) in [5, 5.41) is 0. The van der Waals surface area contributed by atoms with E-state index >= 15 is 0 Å². The van der Waals surface area contributed by atoms with Gasteiger partial charge in [0.25, 0.3) is 0 Å². The molecule has 4 N–H and O–H groups in total. The topological polar surface area (TPSA) is 70.5 Å². The molecule has 0 amide bonds. The smallest absolute Gasteiger partial charge is 0.375 e. The second-order valence-electron chi connectivity index (χ2n) is 11.4. The molecule has 0 aromatic heterocycles. The number of hydrogen-bond donors (Lipinski definition) is 2. The Hall–Kier alpha value is -1.10. The molecule has 4 aliphatic rings. The second-order valence-corrected chi connectivity index (χ2v) is 11.4. The van der Waals surface area contributed by atoms with Crippen LogP contribution in [0.15, 0.2) is 24.3 Å². The quantitative estimate of drug-likeness (QED) is 0.306. The molecule has 10 heteroatoms. The molecule has 0 aromatic carbocycles. The first-order valence-electron chi connectivity index (χ1n) is 13.7. The van der Waals surface area contributed by atoms with Crippen LogP contribution >= 0.6 is 0 Å². The van der Waals surface area contributed by atoms with E-state index in [1.54, 1.807) is 0 Å². The Morgan fingerprint density at radius 3 is 1.51 bits per heavy atom. The van der Waals surface area contributed by atoms with Gasteiger partial charge in [-0.15, -0.1) is 0 Å². The van der Waals surface area contributed by atoms with E-state index in [-0.39, 0.29) is 68.9 Å². The van der Waals surface area contributed by atoms with Crippen molar-refractivity contribution >= 4 is 0 Å². The van der Waals surface area contributed by atoms with Crippen LogP contribution in [0.4, 0.5) is 26.3 Å². The number of hydrogen-bond acceptors (Lipinski definition) is 4. The van der Waals surface area contributed by atoms with Crippen molar-refractivity contribution < 1.29 is 35.8 Å². The molecule has 2 saturated carbocycles. The van der Waals surface area contributed by atoms with Gasteiger partial charge in [0.05, 0.1) is 24.4 Å². The molecule has 0 aliphatic heterocycles. The maximum Gasteiger partial charge on any atom is 0.404 e. The Labute approximate surface area is 215 Å². The fraction of sp³-hybridized carbons (Fsp3) is 0.852. The average molecular weight is 539 g/mol. The lowest BCUT2D eigenvalue weighted by molar-refractivity contribution is -0.376. The van der Waals surface area contributed by atoms with Crippen molar-refractivity contribution in [3.05, 3.63) is 24.3 Å². The van der Waals surface area contributed by atoms with Crippen LogP contribution in [0.2, 0.25) is 0 Å². The summed E-state index contributed by atoms with van der Waals surface area (Å²) in [6, 6.07) is 0.0903. The first kappa shape index (κ1) is 28.9. The van der Waals surface area contributed by atoms with E-state index in [1.165, 1.54) is 6.08 Å². The molecule has 212 valence electrons. The van der Waals surface area contributed by atoms with Crippen LogP contribution in [0.25, 0.3) is 0 Å².